The van der Waals surface area contributed by atoms with E-state index in [0.717, 1.165) is 6.42 Å². The number of rotatable bonds is 7. The molecule has 8 heteroatoms. The van der Waals surface area contributed by atoms with E-state index in [2.05, 4.69) is 5.32 Å². The minimum Gasteiger partial charge on any atom is -0.495 e. The first kappa shape index (κ1) is 19.5. The average molecular weight is 369 g/mol. The summed E-state index contributed by atoms with van der Waals surface area (Å²) in [5, 5.41) is 2.85. The molecule has 1 saturated heterocycles. The lowest BCUT2D eigenvalue weighted by Crippen LogP contribution is -2.42. The zero-order chi connectivity index (χ0) is 18.4. The first-order chi connectivity index (χ1) is 11.9. The van der Waals surface area contributed by atoms with Crippen LogP contribution in [-0.4, -0.2) is 44.6 Å². The Morgan fingerprint density at radius 3 is 2.60 bits per heavy atom. The number of methoxy groups -OCH3 is 1. The van der Waals surface area contributed by atoms with E-state index in [4.69, 9.17) is 10.5 Å². The van der Waals surface area contributed by atoms with Crippen LogP contribution < -0.4 is 15.8 Å². The highest BCUT2D eigenvalue weighted by Crippen LogP contribution is 2.26. The maximum absolute atomic E-state index is 12.4. The molecule has 0 radical (unpaired) electrons. The molecule has 1 aliphatic heterocycles. The van der Waals surface area contributed by atoms with Gasteiger partial charge in [0.15, 0.2) is 0 Å². The summed E-state index contributed by atoms with van der Waals surface area (Å²) in [4.78, 5) is 12.4. The van der Waals surface area contributed by atoms with Crippen LogP contribution in [0.2, 0.25) is 0 Å². The second-order valence-electron chi connectivity index (χ2n) is 6.29. The van der Waals surface area contributed by atoms with Crippen molar-refractivity contribution in [3.63, 3.8) is 0 Å². The number of nitrogens with two attached hydrogens (primary N) is 1. The number of amides is 1. The number of nitrogens with one attached hydrogen (secondary N) is 1. The molecule has 0 saturated carbocycles. The van der Waals surface area contributed by atoms with Crippen molar-refractivity contribution in [2.75, 3.05) is 37.0 Å². The van der Waals surface area contributed by atoms with Crippen LogP contribution in [0.1, 0.15) is 32.6 Å². The Kier molecular flexibility index (Phi) is 6.66. The molecule has 1 heterocycles. The summed E-state index contributed by atoms with van der Waals surface area (Å²) < 4.78 is 31.0. The van der Waals surface area contributed by atoms with Crippen LogP contribution >= 0.6 is 0 Å². The SMILES string of the molecule is CCCCS(=O)(=O)N1CCC(C(=O)Nc2ccc(OC)c(N)c2)CC1. The first-order valence-electron chi connectivity index (χ1n) is 8.59. The molecule has 0 atom stereocenters. The number of hydrogen-bond donors (Lipinski definition) is 2. The third kappa shape index (κ3) is 5.09. The van der Waals surface area contributed by atoms with Gasteiger partial charge in [-0.1, -0.05) is 13.3 Å². The zero-order valence-electron chi connectivity index (χ0n) is 14.8. The summed E-state index contributed by atoms with van der Waals surface area (Å²) in [6, 6.07) is 5.09. The summed E-state index contributed by atoms with van der Waals surface area (Å²) in [7, 11) is -1.66. The predicted octanol–water partition coefficient (Wildman–Crippen LogP) is 2.06. The highest BCUT2D eigenvalue weighted by atomic mass is 32.2. The minimum absolute atomic E-state index is 0.102. The van der Waals surface area contributed by atoms with Gasteiger partial charge in [-0.05, 0) is 37.5 Å². The van der Waals surface area contributed by atoms with Gasteiger partial charge in [-0.3, -0.25) is 4.79 Å². The maximum Gasteiger partial charge on any atom is 0.227 e. The van der Waals surface area contributed by atoms with E-state index in [9.17, 15) is 13.2 Å². The topological polar surface area (TPSA) is 102 Å². The summed E-state index contributed by atoms with van der Waals surface area (Å²) >= 11 is 0. The van der Waals surface area contributed by atoms with Gasteiger partial charge in [-0.15, -0.1) is 0 Å². The molecule has 1 aromatic rings. The summed E-state index contributed by atoms with van der Waals surface area (Å²) in [6.45, 7) is 2.77. The fourth-order valence-corrected chi connectivity index (χ4v) is 4.59. The number of piperidine rings is 1. The number of ether oxygens (including phenoxy) is 1. The second kappa shape index (κ2) is 8.53. The third-order valence-corrected chi connectivity index (χ3v) is 6.43. The Balaban J connectivity index is 1.90. The molecule has 0 aliphatic carbocycles. The van der Waals surface area contributed by atoms with Gasteiger partial charge in [-0.2, -0.15) is 0 Å². The molecule has 0 spiro atoms. The average Bonchev–Trinajstić information content (AvgIpc) is 2.60. The van der Waals surface area contributed by atoms with E-state index in [0.29, 0.717) is 49.5 Å². The maximum atomic E-state index is 12.4. The molecular weight excluding hydrogens is 342 g/mol. The molecule has 1 amide bonds. The normalized spacial score (nSPS) is 16.6. The quantitative estimate of drug-likeness (QED) is 0.716. The van der Waals surface area contributed by atoms with Crippen LogP contribution in [0, 0.1) is 5.92 Å². The Hall–Kier alpha value is -1.80. The Morgan fingerprint density at radius 1 is 1.36 bits per heavy atom. The molecule has 2 rings (SSSR count). The van der Waals surface area contributed by atoms with Crippen molar-refractivity contribution in [2.24, 2.45) is 5.92 Å². The van der Waals surface area contributed by atoms with Crippen LogP contribution in [0.4, 0.5) is 11.4 Å². The Labute approximate surface area is 149 Å². The molecule has 7 nitrogen and oxygen atoms in total. The molecule has 0 bridgehead atoms. The van der Waals surface area contributed by atoms with E-state index in [-0.39, 0.29) is 17.6 Å². The highest BCUT2D eigenvalue weighted by molar-refractivity contribution is 7.89. The fraction of sp³-hybridized carbons (Fsp3) is 0.588. The lowest BCUT2D eigenvalue weighted by molar-refractivity contribution is -0.120. The van der Waals surface area contributed by atoms with Crippen molar-refractivity contribution in [2.45, 2.75) is 32.6 Å². The van der Waals surface area contributed by atoms with E-state index < -0.39 is 10.0 Å². The van der Waals surface area contributed by atoms with Crippen molar-refractivity contribution < 1.29 is 17.9 Å². The molecule has 1 fully saturated rings. The number of unbranched alkanes of at least 4 members (excludes halogenated alkanes) is 1. The Morgan fingerprint density at radius 2 is 2.04 bits per heavy atom. The predicted molar refractivity (Wildman–Crippen MR) is 99.0 cm³/mol. The Bertz CT molecular complexity index is 698. The first-order valence-corrected chi connectivity index (χ1v) is 10.2. The molecule has 0 unspecified atom stereocenters. The molecular formula is C17H27N3O4S. The van der Waals surface area contributed by atoms with Crippen LogP contribution in [0.15, 0.2) is 18.2 Å². The smallest absolute Gasteiger partial charge is 0.227 e. The molecule has 25 heavy (non-hydrogen) atoms. The van der Waals surface area contributed by atoms with Crippen LogP contribution in [-0.2, 0) is 14.8 Å². The van der Waals surface area contributed by atoms with Gasteiger partial charge in [0.2, 0.25) is 15.9 Å². The lowest BCUT2D eigenvalue weighted by atomic mass is 9.97. The number of sulfonamides is 1. The van der Waals surface area contributed by atoms with E-state index in [1.165, 1.54) is 11.4 Å². The molecule has 1 aromatic carbocycles. The number of anilines is 2. The van der Waals surface area contributed by atoms with Gasteiger partial charge >= 0.3 is 0 Å². The van der Waals surface area contributed by atoms with Gasteiger partial charge in [-0.25, -0.2) is 12.7 Å². The number of nitrogen functional groups attached to an aromatic ring is 1. The molecule has 140 valence electrons. The van der Waals surface area contributed by atoms with E-state index in [1.807, 2.05) is 6.92 Å². The van der Waals surface area contributed by atoms with Gasteiger partial charge in [0.25, 0.3) is 0 Å². The number of benzene rings is 1. The van der Waals surface area contributed by atoms with Gasteiger partial charge in [0, 0.05) is 24.7 Å². The zero-order valence-corrected chi connectivity index (χ0v) is 15.6. The van der Waals surface area contributed by atoms with Crippen molar-refractivity contribution in [3.05, 3.63) is 18.2 Å². The summed E-state index contributed by atoms with van der Waals surface area (Å²) in [6.07, 6.45) is 2.58. The van der Waals surface area contributed by atoms with Crippen LogP contribution in [0.25, 0.3) is 0 Å². The number of hydrogen-bond acceptors (Lipinski definition) is 5. The number of carbonyl (C=O) groups excluding carboxylic acids is 1. The molecule has 3 N–H and O–H groups in total. The van der Waals surface area contributed by atoms with Crippen LogP contribution in [0.5, 0.6) is 5.75 Å². The largest absolute Gasteiger partial charge is 0.495 e. The molecule has 1 aliphatic rings. The standard InChI is InChI=1S/C17H27N3O4S/c1-3-4-11-25(22,23)20-9-7-13(8-10-20)17(21)19-14-5-6-16(24-2)15(18)12-14/h5-6,12-13H,3-4,7-11,18H2,1-2H3,(H,19,21). The third-order valence-electron chi connectivity index (χ3n) is 4.47. The second-order valence-corrected chi connectivity index (χ2v) is 8.38. The summed E-state index contributed by atoms with van der Waals surface area (Å²) in [5.74, 6) is 0.450. The van der Waals surface area contributed by atoms with E-state index >= 15 is 0 Å². The van der Waals surface area contributed by atoms with Gasteiger partial charge in [0.05, 0.1) is 18.6 Å². The van der Waals surface area contributed by atoms with Crippen molar-refractivity contribution in [1.29, 1.82) is 0 Å². The number of carbonyl (C=O) groups is 1. The van der Waals surface area contributed by atoms with Gasteiger partial charge < -0.3 is 15.8 Å². The monoisotopic (exact) mass is 369 g/mol. The summed E-state index contributed by atoms with van der Waals surface area (Å²) in [5.41, 5.74) is 6.91. The molecule has 0 aromatic heterocycles. The lowest BCUT2D eigenvalue weighted by Gasteiger charge is -2.30. The van der Waals surface area contributed by atoms with Crippen molar-refractivity contribution in [3.8, 4) is 5.75 Å². The van der Waals surface area contributed by atoms with Crippen molar-refractivity contribution >= 4 is 27.3 Å². The van der Waals surface area contributed by atoms with Gasteiger partial charge in [0.1, 0.15) is 5.75 Å². The fourth-order valence-electron chi connectivity index (χ4n) is 2.91. The minimum atomic E-state index is -3.20. The van der Waals surface area contributed by atoms with E-state index in [1.54, 1.807) is 18.2 Å². The highest BCUT2D eigenvalue weighted by Gasteiger charge is 2.30. The number of nitrogens with zero attached hydrogens (tertiary/aromatic N) is 1. The van der Waals surface area contributed by atoms with Crippen molar-refractivity contribution in [1.82, 2.24) is 4.31 Å². The van der Waals surface area contributed by atoms with Crippen LogP contribution in [0.3, 0.4) is 0 Å².